The fourth-order valence-corrected chi connectivity index (χ4v) is 6.19. The number of thiazole rings is 1. The SMILES string of the molecule is Cc1ccc(N/C(SCC(=O)c2c(C)[nH]c3ccccc23)=C(/C#N)c2nc3ccccc3s2)c(C)c1. The third-order valence-electron chi connectivity index (χ3n) is 6.00. The third-order valence-corrected chi connectivity index (χ3v) is 8.05. The van der Waals surface area contributed by atoms with Crippen LogP contribution in [0.5, 0.6) is 0 Å². The van der Waals surface area contributed by atoms with Gasteiger partial charge in [-0.1, -0.05) is 59.8 Å². The number of aryl methyl sites for hydroxylation is 3. The minimum absolute atomic E-state index is 0.0106. The molecule has 7 heteroatoms. The van der Waals surface area contributed by atoms with Crippen LogP contribution in [0.25, 0.3) is 26.7 Å². The number of allylic oxidation sites excluding steroid dienone is 1. The van der Waals surface area contributed by atoms with E-state index >= 15 is 0 Å². The Bertz CT molecular complexity index is 1650. The largest absolute Gasteiger partial charge is 0.358 e. The topological polar surface area (TPSA) is 81.6 Å². The van der Waals surface area contributed by atoms with E-state index < -0.39 is 0 Å². The standard InChI is InChI=1S/C29H24N4OS2/c1-17-12-13-22(18(2)14-17)32-28(21(15-30)29-33-24-10-6-7-11-26(24)36-29)35-16-25(34)27-19(3)31-23-9-5-4-8-20(23)27/h4-14,31-32H,16H2,1-3H3/b28-21+. The lowest BCUT2D eigenvalue weighted by Gasteiger charge is -2.15. The van der Waals surface area contributed by atoms with Gasteiger partial charge in [0.15, 0.2) is 5.78 Å². The summed E-state index contributed by atoms with van der Waals surface area (Å²) in [6, 6.07) is 24.1. The number of nitrogens with zero attached hydrogens (tertiary/aromatic N) is 2. The fraction of sp³-hybridized carbons (Fsp3) is 0.138. The van der Waals surface area contributed by atoms with E-state index in [-0.39, 0.29) is 11.5 Å². The van der Waals surface area contributed by atoms with Gasteiger partial charge in [-0.15, -0.1) is 11.3 Å². The van der Waals surface area contributed by atoms with E-state index in [1.54, 1.807) is 0 Å². The van der Waals surface area contributed by atoms with Crippen LogP contribution in [0.1, 0.15) is 32.2 Å². The molecule has 0 fully saturated rings. The Kier molecular flexibility index (Phi) is 6.64. The maximum atomic E-state index is 13.4. The Hall–Kier alpha value is -3.86. The lowest BCUT2D eigenvalue weighted by molar-refractivity contribution is 0.102. The van der Waals surface area contributed by atoms with Crippen molar-refractivity contribution >= 4 is 61.3 Å². The quantitative estimate of drug-likeness (QED) is 0.174. The predicted octanol–water partition coefficient (Wildman–Crippen LogP) is 7.62. The third kappa shape index (κ3) is 4.66. The van der Waals surface area contributed by atoms with Crippen LogP contribution in [0.15, 0.2) is 71.8 Å². The lowest BCUT2D eigenvalue weighted by atomic mass is 10.1. The number of para-hydroxylation sites is 2. The Morgan fingerprint density at radius 3 is 2.64 bits per heavy atom. The zero-order valence-electron chi connectivity index (χ0n) is 20.2. The van der Waals surface area contributed by atoms with Crippen molar-refractivity contribution in [3.8, 4) is 6.07 Å². The molecule has 0 saturated carbocycles. The second-order valence-electron chi connectivity index (χ2n) is 8.63. The molecule has 5 rings (SSSR count). The van der Waals surface area contributed by atoms with Crippen molar-refractivity contribution in [1.82, 2.24) is 9.97 Å². The van der Waals surface area contributed by atoms with Crippen LogP contribution in [0.4, 0.5) is 5.69 Å². The summed E-state index contributed by atoms with van der Waals surface area (Å²) in [6.45, 7) is 6.00. The average molecular weight is 509 g/mol. The number of anilines is 1. The van der Waals surface area contributed by atoms with E-state index in [0.29, 0.717) is 21.2 Å². The number of hydrogen-bond donors (Lipinski definition) is 2. The molecule has 0 atom stereocenters. The summed E-state index contributed by atoms with van der Waals surface area (Å²) in [5, 5.41) is 15.8. The number of nitriles is 1. The Morgan fingerprint density at radius 2 is 1.86 bits per heavy atom. The van der Waals surface area contributed by atoms with E-state index in [4.69, 9.17) is 4.98 Å². The first kappa shape index (κ1) is 23.9. The molecular formula is C29H24N4OS2. The zero-order chi connectivity index (χ0) is 25.2. The summed E-state index contributed by atoms with van der Waals surface area (Å²) < 4.78 is 1.02. The summed E-state index contributed by atoms with van der Waals surface area (Å²) in [7, 11) is 0. The highest BCUT2D eigenvalue weighted by Gasteiger charge is 2.20. The van der Waals surface area contributed by atoms with E-state index in [0.717, 1.165) is 43.6 Å². The van der Waals surface area contributed by atoms with Crippen molar-refractivity contribution < 1.29 is 4.79 Å². The molecule has 0 unspecified atom stereocenters. The highest BCUT2D eigenvalue weighted by molar-refractivity contribution is 8.04. The second-order valence-corrected chi connectivity index (χ2v) is 10.6. The molecule has 36 heavy (non-hydrogen) atoms. The summed E-state index contributed by atoms with van der Waals surface area (Å²) in [4.78, 5) is 21.4. The molecule has 0 radical (unpaired) electrons. The number of hydrogen-bond acceptors (Lipinski definition) is 6. The molecule has 5 nitrogen and oxygen atoms in total. The van der Waals surface area contributed by atoms with Gasteiger partial charge in [0, 0.05) is 27.8 Å². The van der Waals surface area contributed by atoms with Gasteiger partial charge in [0.1, 0.15) is 16.6 Å². The lowest BCUT2D eigenvalue weighted by Crippen LogP contribution is -2.08. The molecule has 0 amide bonds. The van der Waals surface area contributed by atoms with Crippen molar-refractivity contribution in [2.75, 3.05) is 11.1 Å². The Labute approximate surface area is 217 Å². The van der Waals surface area contributed by atoms with Gasteiger partial charge in [-0.2, -0.15) is 5.26 Å². The van der Waals surface area contributed by atoms with Gasteiger partial charge in [-0.05, 0) is 50.6 Å². The zero-order valence-corrected chi connectivity index (χ0v) is 21.8. The molecule has 5 aromatic rings. The number of fused-ring (bicyclic) bond motifs is 2. The number of nitrogens with one attached hydrogen (secondary N) is 2. The van der Waals surface area contributed by atoms with Crippen molar-refractivity contribution in [3.05, 3.63) is 99.2 Å². The molecule has 0 aliphatic heterocycles. The summed E-state index contributed by atoms with van der Waals surface area (Å²) in [6.07, 6.45) is 0. The number of benzene rings is 3. The van der Waals surface area contributed by atoms with Crippen molar-refractivity contribution in [2.24, 2.45) is 0 Å². The number of aromatic nitrogens is 2. The van der Waals surface area contributed by atoms with Gasteiger partial charge in [0.25, 0.3) is 0 Å². The summed E-state index contributed by atoms with van der Waals surface area (Å²) in [5.41, 5.74) is 6.90. The van der Waals surface area contributed by atoms with Gasteiger partial charge < -0.3 is 10.3 Å². The van der Waals surface area contributed by atoms with Crippen LogP contribution >= 0.6 is 23.1 Å². The molecule has 2 heterocycles. The van der Waals surface area contributed by atoms with E-state index in [1.807, 2.05) is 81.4 Å². The summed E-state index contributed by atoms with van der Waals surface area (Å²) in [5.74, 6) is 0.197. The molecule has 2 aromatic heterocycles. The normalized spacial score (nSPS) is 11.9. The minimum atomic E-state index is 0.0106. The monoisotopic (exact) mass is 508 g/mol. The molecule has 0 bridgehead atoms. The van der Waals surface area contributed by atoms with Crippen LogP contribution in [-0.2, 0) is 0 Å². The minimum Gasteiger partial charge on any atom is -0.358 e. The highest BCUT2D eigenvalue weighted by Crippen LogP contribution is 2.34. The van der Waals surface area contributed by atoms with E-state index in [1.165, 1.54) is 23.1 Å². The molecule has 0 saturated heterocycles. The molecular weight excluding hydrogens is 484 g/mol. The highest BCUT2D eigenvalue weighted by atomic mass is 32.2. The number of aromatic amines is 1. The van der Waals surface area contributed by atoms with Crippen LogP contribution in [0, 0.1) is 32.1 Å². The number of H-pyrrole nitrogens is 1. The van der Waals surface area contributed by atoms with Crippen molar-refractivity contribution in [3.63, 3.8) is 0 Å². The van der Waals surface area contributed by atoms with Crippen molar-refractivity contribution in [1.29, 1.82) is 5.26 Å². The van der Waals surface area contributed by atoms with Crippen LogP contribution in [0.2, 0.25) is 0 Å². The van der Waals surface area contributed by atoms with Crippen molar-refractivity contribution in [2.45, 2.75) is 20.8 Å². The number of carbonyl (C=O) groups excluding carboxylic acids is 1. The maximum absolute atomic E-state index is 13.4. The maximum Gasteiger partial charge on any atom is 0.175 e. The van der Waals surface area contributed by atoms with E-state index in [9.17, 15) is 10.1 Å². The van der Waals surface area contributed by atoms with E-state index in [2.05, 4.69) is 22.4 Å². The first-order valence-corrected chi connectivity index (χ1v) is 13.3. The number of carbonyl (C=O) groups is 1. The number of ketones is 1. The first-order chi connectivity index (χ1) is 17.4. The van der Waals surface area contributed by atoms with Gasteiger partial charge >= 0.3 is 0 Å². The number of rotatable bonds is 7. The average Bonchev–Trinajstić information content (AvgIpc) is 3.44. The van der Waals surface area contributed by atoms with Gasteiger partial charge in [0.2, 0.25) is 0 Å². The smallest absolute Gasteiger partial charge is 0.175 e. The van der Waals surface area contributed by atoms with Crippen LogP contribution in [0.3, 0.4) is 0 Å². The molecule has 0 spiro atoms. The van der Waals surface area contributed by atoms with Crippen LogP contribution < -0.4 is 5.32 Å². The van der Waals surface area contributed by atoms with Crippen LogP contribution in [-0.4, -0.2) is 21.5 Å². The van der Waals surface area contributed by atoms with Gasteiger partial charge in [-0.25, -0.2) is 4.98 Å². The molecule has 0 aliphatic rings. The molecule has 0 aliphatic carbocycles. The Balaban J connectivity index is 1.53. The van der Waals surface area contributed by atoms with Gasteiger partial charge in [0.05, 0.1) is 21.0 Å². The van der Waals surface area contributed by atoms with Gasteiger partial charge in [-0.3, -0.25) is 4.79 Å². The fourth-order valence-electron chi connectivity index (χ4n) is 4.27. The molecule has 2 N–H and O–H groups in total. The predicted molar refractivity (Wildman–Crippen MR) is 152 cm³/mol. The first-order valence-electron chi connectivity index (χ1n) is 11.5. The number of Topliss-reactive ketones (excluding diaryl/α,β-unsaturated/α-hetero) is 1. The second kappa shape index (κ2) is 10.0. The molecule has 178 valence electrons. The summed E-state index contributed by atoms with van der Waals surface area (Å²) >= 11 is 2.82. The number of thioether (sulfide) groups is 1. The Morgan fingerprint density at radius 1 is 1.08 bits per heavy atom. The molecule has 3 aromatic carbocycles.